The van der Waals surface area contributed by atoms with Crippen LogP contribution in [0.4, 0.5) is 0 Å². The Morgan fingerprint density at radius 3 is 2.41 bits per heavy atom. The quantitative estimate of drug-likeness (QED) is 0.740. The lowest BCUT2D eigenvalue weighted by Crippen LogP contribution is -2.36. The highest BCUT2D eigenvalue weighted by Gasteiger charge is 2.48. The fraction of sp³-hybridized carbons (Fsp3) is 1.00. The molecule has 0 unspecified atom stereocenters. The smallest absolute Gasteiger partial charge is 0.0650 e. The normalized spacial score (nSPS) is 47.6. The largest absolute Gasteiger partial charge is 0.390 e. The van der Waals surface area contributed by atoms with E-state index in [1.165, 1.54) is 6.42 Å². The van der Waals surface area contributed by atoms with Crippen molar-refractivity contribution >= 4 is 0 Å². The van der Waals surface area contributed by atoms with Gasteiger partial charge in [0.2, 0.25) is 0 Å². The fourth-order valence-electron chi connectivity index (χ4n) is 4.18. The van der Waals surface area contributed by atoms with Gasteiger partial charge in [-0.3, -0.25) is 0 Å². The molecule has 100 valence electrons. The van der Waals surface area contributed by atoms with Crippen LogP contribution in [0.3, 0.4) is 0 Å². The van der Waals surface area contributed by atoms with E-state index in [0.29, 0.717) is 23.7 Å². The van der Waals surface area contributed by atoms with Crippen molar-refractivity contribution in [2.24, 2.45) is 23.7 Å². The molecule has 2 heteroatoms. The Morgan fingerprint density at radius 2 is 1.82 bits per heavy atom. The van der Waals surface area contributed by atoms with Crippen molar-refractivity contribution in [2.75, 3.05) is 0 Å². The molecular formula is C15H28O2. The van der Waals surface area contributed by atoms with Crippen molar-refractivity contribution in [3.05, 3.63) is 0 Å². The lowest BCUT2D eigenvalue weighted by atomic mass is 9.76. The zero-order valence-corrected chi connectivity index (χ0v) is 11.7. The highest BCUT2D eigenvalue weighted by atomic mass is 16.3. The molecule has 0 heterocycles. The first kappa shape index (κ1) is 13.4. The van der Waals surface area contributed by atoms with Crippen LogP contribution in [0.25, 0.3) is 0 Å². The first-order valence-corrected chi connectivity index (χ1v) is 7.16. The molecule has 0 aromatic heterocycles. The molecular weight excluding hydrogens is 212 g/mol. The van der Waals surface area contributed by atoms with Crippen LogP contribution in [0.15, 0.2) is 0 Å². The summed E-state index contributed by atoms with van der Waals surface area (Å²) in [6.45, 7) is 8.17. The van der Waals surface area contributed by atoms with Crippen molar-refractivity contribution in [3.8, 4) is 0 Å². The Kier molecular flexibility index (Phi) is 3.33. The highest BCUT2D eigenvalue weighted by Crippen LogP contribution is 2.51. The predicted molar refractivity (Wildman–Crippen MR) is 69.6 cm³/mol. The van der Waals surface area contributed by atoms with Gasteiger partial charge in [-0.2, -0.15) is 0 Å². The van der Waals surface area contributed by atoms with Gasteiger partial charge in [0.25, 0.3) is 0 Å². The van der Waals surface area contributed by atoms with Gasteiger partial charge >= 0.3 is 0 Å². The summed E-state index contributed by atoms with van der Waals surface area (Å²) in [7, 11) is 0. The summed E-state index contributed by atoms with van der Waals surface area (Å²) in [6.07, 6.45) is 5.29. The summed E-state index contributed by atoms with van der Waals surface area (Å²) in [4.78, 5) is 0. The lowest BCUT2D eigenvalue weighted by molar-refractivity contribution is -0.0210. The van der Waals surface area contributed by atoms with Gasteiger partial charge in [0.05, 0.1) is 11.2 Å². The molecule has 2 nitrogen and oxygen atoms in total. The molecule has 0 bridgehead atoms. The highest BCUT2D eigenvalue weighted by molar-refractivity contribution is 4.99. The third-order valence-corrected chi connectivity index (χ3v) is 5.53. The summed E-state index contributed by atoms with van der Waals surface area (Å²) in [5.41, 5.74) is -1.12. The molecule has 0 aromatic rings. The van der Waals surface area contributed by atoms with E-state index in [1.54, 1.807) is 0 Å². The maximum atomic E-state index is 10.6. The molecule has 17 heavy (non-hydrogen) atoms. The minimum absolute atomic E-state index is 0.338. The Bertz CT molecular complexity index is 277. The van der Waals surface area contributed by atoms with Crippen LogP contribution in [0.2, 0.25) is 0 Å². The average molecular weight is 240 g/mol. The third-order valence-electron chi connectivity index (χ3n) is 5.53. The van der Waals surface area contributed by atoms with E-state index < -0.39 is 11.2 Å². The van der Waals surface area contributed by atoms with E-state index in [9.17, 15) is 10.2 Å². The van der Waals surface area contributed by atoms with Gasteiger partial charge in [-0.05, 0) is 70.1 Å². The second-order valence-electron chi connectivity index (χ2n) is 7.31. The van der Waals surface area contributed by atoms with Crippen LogP contribution in [0.1, 0.15) is 59.8 Å². The van der Waals surface area contributed by atoms with Gasteiger partial charge < -0.3 is 10.2 Å². The topological polar surface area (TPSA) is 40.5 Å². The van der Waals surface area contributed by atoms with Crippen molar-refractivity contribution in [1.82, 2.24) is 0 Å². The maximum Gasteiger partial charge on any atom is 0.0650 e. The van der Waals surface area contributed by atoms with E-state index >= 15 is 0 Å². The van der Waals surface area contributed by atoms with Crippen LogP contribution in [-0.4, -0.2) is 21.4 Å². The van der Waals surface area contributed by atoms with Crippen LogP contribution in [-0.2, 0) is 0 Å². The molecule has 0 saturated heterocycles. The minimum Gasteiger partial charge on any atom is -0.390 e. The zero-order chi connectivity index (χ0) is 12.8. The monoisotopic (exact) mass is 240 g/mol. The van der Waals surface area contributed by atoms with Crippen LogP contribution < -0.4 is 0 Å². The molecule has 0 amide bonds. The second-order valence-corrected chi connectivity index (χ2v) is 7.31. The Labute approximate surface area is 105 Å². The van der Waals surface area contributed by atoms with Crippen LogP contribution >= 0.6 is 0 Å². The van der Waals surface area contributed by atoms with Gasteiger partial charge in [0.1, 0.15) is 0 Å². The molecule has 0 spiro atoms. The molecule has 2 fully saturated rings. The lowest BCUT2D eigenvalue weighted by Gasteiger charge is -2.33. The van der Waals surface area contributed by atoms with Crippen LogP contribution in [0.5, 0.6) is 0 Å². The molecule has 2 rings (SSSR count). The van der Waals surface area contributed by atoms with Crippen molar-refractivity contribution in [2.45, 2.75) is 71.0 Å². The molecule has 5 atom stereocenters. The summed E-state index contributed by atoms with van der Waals surface area (Å²) in [5, 5.41) is 20.9. The Hall–Kier alpha value is -0.0800. The van der Waals surface area contributed by atoms with E-state index in [1.807, 2.05) is 20.8 Å². The van der Waals surface area contributed by atoms with Gasteiger partial charge in [-0.15, -0.1) is 0 Å². The van der Waals surface area contributed by atoms with Gasteiger partial charge in [0.15, 0.2) is 0 Å². The van der Waals surface area contributed by atoms with Gasteiger partial charge in [-0.25, -0.2) is 0 Å². The number of rotatable bonds is 1. The van der Waals surface area contributed by atoms with Gasteiger partial charge in [-0.1, -0.05) is 13.3 Å². The number of fused-ring (bicyclic) bond motifs is 1. The summed E-state index contributed by atoms with van der Waals surface area (Å²) in [5.74, 6) is 2.09. The number of hydrogen-bond donors (Lipinski definition) is 2. The van der Waals surface area contributed by atoms with Crippen LogP contribution in [0, 0.1) is 23.7 Å². The SMILES string of the molecule is C[C@H]1CC[C@@H]2[C@H]1C[C@H](C(C)(C)O)CC[C@@]2(C)O. The summed E-state index contributed by atoms with van der Waals surface area (Å²) in [6, 6.07) is 0. The Balaban J connectivity index is 2.22. The first-order chi connectivity index (χ1) is 7.72. The predicted octanol–water partition coefficient (Wildman–Crippen LogP) is 2.97. The van der Waals surface area contributed by atoms with Crippen molar-refractivity contribution in [3.63, 3.8) is 0 Å². The van der Waals surface area contributed by atoms with Gasteiger partial charge in [0, 0.05) is 0 Å². The minimum atomic E-state index is -0.604. The number of aliphatic hydroxyl groups is 2. The van der Waals surface area contributed by atoms with E-state index in [2.05, 4.69) is 6.92 Å². The second kappa shape index (κ2) is 4.24. The van der Waals surface area contributed by atoms with E-state index in [-0.39, 0.29) is 0 Å². The molecule has 2 N–H and O–H groups in total. The fourth-order valence-corrected chi connectivity index (χ4v) is 4.18. The summed E-state index contributed by atoms with van der Waals surface area (Å²) < 4.78 is 0. The Morgan fingerprint density at radius 1 is 1.18 bits per heavy atom. The van der Waals surface area contributed by atoms with E-state index in [4.69, 9.17) is 0 Å². The summed E-state index contributed by atoms with van der Waals surface area (Å²) >= 11 is 0. The molecule has 2 aliphatic rings. The first-order valence-electron chi connectivity index (χ1n) is 7.16. The molecule has 2 aliphatic carbocycles. The molecule has 0 aromatic carbocycles. The molecule has 2 saturated carbocycles. The molecule has 0 aliphatic heterocycles. The molecule has 0 radical (unpaired) electrons. The standard InChI is InChI=1S/C15H28O2/c1-10-5-6-13-12(10)9-11(14(2,3)16)7-8-15(13,4)17/h10-13,16-17H,5-9H2,1-4H3/t10-,11+,12-,13+,15+/m0/s1. The van der Waals surface area contributed by atoms with Crippen molar-refractivity contribution in [1.29, 1.82) is 0 Å². The van der Waals surface area contributed by atoms with E-state index in [0.717, 1.165) is 25.7 Å². The number of hydrogen-bond acceptors (Lipinski definition) is 2. The maximum absolute atomic E-state index is 10.6. The average Bonchev–Trinajstić information content (AvgIpc) is 2.46. The third kappa shape index (κ3) is 2.53. The van der Waals surface area contributed by atoms with Crippen molar-refractivity contribution < 1.29 is 10.2 Å². The zero-order valence-electron chi connectivity index (χ0n) is 11.7.